The number of para-hydroxylation sites is 1. The molecule has 0 aliphatic carbocycles. The summed E-state index contributed by atoms with van der Waals surface area (Å²) in [5, 5.41) is 5.54. The van der Waals surface area contributed by atoms with Crippen LogP contribution in [0.2, 0.25) is 0 Å². The Kier molecular flexibility index (Phi) is 6.98. The Labute approximate surface area is 178 Å². The lowest BCUT2D eigenvalue weighted by molar-refractivity contribution is -0.116. The van der Waals surface area contributed by atoms with Crippen LogP contribution in [0.15, 0.2) is 60.7 Å². The molecule has 2 N–H and O–H groups in total. The number of methoxy groups -OCH3 is 1. The molecule has 0 aliphatic rings. The second-order valence-corrected chi connectivity index (χ2v) is 7.90. The van der Waals surface area contributed by atoms with Crippen molar-refractivity contribution in [2.45, 2.75) is 19.8 Å². The highest BCUT2D eigenvalue weighted by molar-refractivity contribution is 7.14. The Morgan fingerprint density at radius 2 is 1.73 bits per heavy atom. The summed E-state index contributed by atoms with van der Waals surface area (Å²) in [5.41, 5.74) is 1.30. The van der Waals surface area contributed by atoms with Crippen LogP contribution in [0.1, 0.15) is 37.7 Å². The number of ketones is 1. The van der Waals surface area contributed by atoms with Crippen LogP contribution in [0.3, 0.4) is 0 Å². The fourth-order valence-corrected chi connectivity index (χ4v) is 3.67. The number of carbonyl (C=O) groups excluding carboxylic acids is 3. The van der Waals surface area contributed by atoms with Crippen molar-refractivity contribution in [1.29, 1.82) is 0 Å². The Hall–Kier alpha value is -3.45. The number of anilines is 2. The van der Waals surface area contributed by atoms with Crippen LogP contribution in [0.5, 0.6) is 5.75 Å². The highest BCUT2D eigenvalue weighted by Gasteiger charge is 2.15. The van der Waals surface area contributed by atoms with E-state index in [2.05, 4.69) is 10.6 Å². The van der Waals surface area contributed by atoms with E-state index in [-0.39, 0.29) is 30.4 Å². The van der Waals surface area contributed by atoms with E-state index in [1.54, 1.807) is 61.7 Å². The minimum Gasteiger partial charge on any atom is -0.497 e. The SMILES string of the molecule is COc1cccc(NC(=O)c2ccccc2NC(=O)CCC(=O)c2ccc(C)s2)c1. The van der Waals surface area contributed by atoms with Gasteiger partial charge in [-0.3, -0.25) is 14.4 Å². The number of hydrogen-bond acceptors (Lipinski definition) is 5. The molecule has 0 fully saturated rings. The third-order valence-corrected chi connectivity index (χ3v) is 5.41. The van der Waals surface area contributed by atoms with Crippen LogP contribution in [0.25, 0.3) is 0 Å². The first kappa shape index (κ1) is 21.3. The van der Waals surface area contributed by atoms with E-state index in [0.29, 0.717) is 27.6 Å². The lowest BCUT2D eigenvalue weighted by Gasteiger charge is -2.12. The molecule has 2 amide bonds. The van der Waals surface area contributed by atoms with Crippen molar-refractivity contribution >= 4 is 40.3 Å². The quantitative estimate of drug-likeness (QED) is 0.505. The van der Waals surface area contributed by atoms with Crippen molar-refractivity contribution in [3.63, 3.8) is 0 Å². The molecule has 7 heteroatoms. The normalized spacial score (nSPS) is 10.3. The summed E-state index contributed by atoms with van der Waals surface area (Å²) in [4.78, 5) is 39.0. The number of carbonyl (C=O) groups is 3. The molecule has 0 atom stereocenters. The predicted molar refractivity (Wildman–Crippen MR) is 119 cm³/mol. The van der Waals surface area contributed by atoms with E-state index in [9.17, 15) is 14.4 Å². The van der Waals surface area contributed by atoms with E-state index in [1.165, 1.54) is 11.3 Å². The molecule has 30 heavy (non-hydrogen) atoms. The summed E-state index contributed by atoms with van der Waals surface area (Å²) < 4.78 is 5.16. The van der Waals surface area contributed by atoms with Crippen molar-refractivity contribution in [2.75, 3.05) is 17.7 Å². The topological polar surface area (TPSA) is 84.5 Å². The van der Waals surface area contributed by atoms with Gasteiger partial charge >= 0.3 is 0 Å². The van der Waals surface area contributed by atoms with Gasteiger partial charge < -0.3 is 15.4 Å². The van der Waals surface area contributed by atoms with Crippen LogP contribution in [0, 0.1) is 6.92 Å². The molecule has 3 aromatic rings. The van der Waals surface area contributed by atoms with E-state index >= 15 is 0 Å². The number of benzene rings is 2. The Bertz CT molecular complexity index is 1070. The summed E-state index contributed by atoms with van der Waals surface area (Å²) in [6.45, 7) is 1.93. The fourth-order valence-electron chi connectivity index (χ4n) is 2.84. The van der Waals surface area contributed by atoms with Crippen molar-refractivity contribution < 1.29 is 19.1 Å². The van der Waals surface area contributed by atoms with Crippen molar-refractivity contribution in [2.24, 2.45) is 0 Å². The molecule has 3 rings (SSSR count). The molecule has 154 valence electrons. The van der Waals surface area contributed by atoms with Crippen molar-refractivity contribution in [3.05, 3.63) is 76.0 Å². The number of amides is 2. The molecule has 0 bridgehead atoms. The number of Topliss-reactive ketones (excluding diaryl/α,β-unsaturated/α-hetero) is 1. The summed E-state index contributed by atoms with van der Waals surface area (Å²) in [6.07, 6.45) is 0.158. The van der Waals surface area contributed by atoms with E-state index < -0.39 is 0 Å². The summed E-state index contributed by atoms with van der Waals surface area (Å²) in [5.74, 6) is -0.116. The van der Waals surface area contributed by atoms with Gasteiger partial charge in [-0.2, -0.15) is 0 Å². The average molecular weight is 423 g/mol. The second-order valence-electron chi connectivity index (χ2n) is 6.61. The first-order chi connectivity index (χ1) is 14.5. The first-order valence-corrected chi connectivity index (χ1v) is 10.2. The van der Waals surface area contributed by atoms with E-state index in [0.717, 1.165) is 4.88 Å². The van der Waals surface area contributed by atoms with Gasteiger partial charge in [0.1, 0.15) is 5.75 Å². The molecular weight excluding hydrogens is 400 g/mol. The second kappa shape index (κ2) is 9.84. The van der Waals surface area contributed by atoms with Gasteiger partial charge in [-0.15, -0.1) is 11.3 Å². The van der Waals surface area contributed by atoms with Gasteiger partial charge in [0.15, 0.2) is 5.78 Å². The van der Waals surface area contributed by atoms with Crippen LogP contribution in [-0.2, 0) is 4.79 Å². The minimum atomic E-state index is -0.357. The Morgan fingerprint density at radius 3 is 2.47 bits per heavy atom. The average Bonchev–Trinajstić information content (AvgIpc) is 3.19. The summed E-state index contributed by atoms with van der Waals surface area (Å²) in [7, 11) is 1.55. The van der Waals surface area contributed by atoms with Crippen LogP contribution < -0.4 is 15.4 Å². The molecule has 0 aliphatic heterocycles. The lowest BCUT2D eigenvalue weighted by Crippen LogP contribution is -2.18. The number of aryl methyl sites for hydroxylation is 1. The number of ether oxygens (including phenoxy) is 1. The van der Waals surface area contributed by atoms with Gasteiger partial charge in [0.05, 0.1) is 23.2 Å². The summed E-state index contributed by atoms with van der Waals surface area (Å²) in [6, 6.07) is 17.4. The zero-order chi connectivity index (χ0) is 21.5. The third kappa shape index (κ3) is 5.55. The fraction of sp³-hybridized carbons (Fsp3) is 0.174. The molecule has 0 saturated carbocycles. The smallest absolute Gasteiger partial charge is 0.257 e. The molecule has 1 heterocycles. The maximum atomic E-state index is 12.7. The molecule has 0 spiro atoms. The molecule has 6 nitrogen and oxygen atoms in total. The van der Waals surface area contributed by atoms with Gasteiger partial charge in [0.2, 0.25) is 5.91 Å². The van der Waals surface area contributed by atoms with Gasteiger partial charge in [-0.25, -0.2) is 0 Å². The number of nitrogens with one attached hydrogen (secondary N) is 2. The maximum absolute atomic E-state index is 12.7. The summed E-state index contributed by atoms with van der Waals surface area (Å²) >= 11 is 1.42. The predicted octanol–water partition coefficient (Wildman–Crippen LogP) is 4.92. The molecule has 1 aromatic heterocycles. The standard InChI is InChI=1S/C23H22N2O4S/c1-15-10-12-21(30-15)20(26)11-13-22(27)25-19-9-4-3-8-18(19)23(28)24-16-6-5-7-17(14-16)29-2/h3-10,12,14H,11,13H2,1-2H3,(H,24,28)(H,25,27). The van der Waals surface area contributed by atoms with Crippen LogP contribution in [-0.4, -0.2) is 24.7 Å². The minimum absolute atomic E-state index is 0.0433. The number of rotatable bonds is 8. The monoisotopic (exact) mass is 422 g/mol. The van der Waals surface area contributed by atoms with E-state index in [4.69, 9.17) is 4.74 Å². The Morgan fingerprint density at radius 1 is 0.933 bits per heavy atom. The zero-order valence-corrected chi connectivity index (χ0v) is 17.5. The highest BCUT2D eigenvalue weighted by atomic mass is 32.1. The highest BCUT2D eigenvalue weighted by Crippen LogP contribution is 2.21. The molecule has 0 unspecified atom stereocenters. The number of hydrogen-bond donors (Lipinski definition) is 2. The lowest BCUT2D eigenvalue weighted by atomic mass is 10.1. The van der Waals surface area contributed by atoms with Gasteiger partial charge in [0.25, 0.3) is 5.91 Å². The third-order valence-electron chi connectivity index (χ3n) is 4.37. The van der Waals surface area contributed by atoms with Crippen LogP contribution in [0.4, 0.5) is 11.4 Å². The zero-order valence-electron chi connectivity index (χ0n) is 16.7. The van der Waals surface area contributed by atoms with Gasteiger partial charge in [0, 0.05) is 29.5 Å². The maximum Gasteiger partial charge on any atom is 0.257 e. The number of thiophene rings is 1. The molecule has 2 aromatic carbocycles. The van der Waals surface area contributed by atoms with Crippen molar-refractivity contribution in [1.82, 2.24) is 0 Å². The first-order valence-electron chi connectivity index (χ1n) is 9.40. The molecule has 0 radical (unpaired) electrons. The van der Waals surface area contributed by atoms with E-state index in [1.807, 2.05) is 13.0 Å². The molecule has 0 saturated heterocycles. The van der Waals surface area contributed by atoms with Gasteiger partial charge in [-0.05, 0) is 43.3 Å². The molecular formula is C23H22N2O4S. The van der Waals surface area contributed by atoms with Crippen molar-refractivity contribution in [3.8, 4) is 5.75 Å². The van der Waals surface area contributed by atoms with Gasteiger partial charge in [-0.1, -0.05) is 18.2 Å². The largest absolute Gasteiger partial charge is 0.497 e. The Balaban J connectivity index is 1.63. The van der Waals surface area contributed by atoms with Crippen LogP contribution >= 0.6 is 11.3 Å².